The van der Waals surface area contributed by atoms with Gasteiger partial charge in [0.05, 0.1) is 12.6 Å². The van der Waals surface area contributed by atoms with Crippen molar-refractivity contribution < 1.29 is 4.79 Å². The van der Waals surface area contributed by atoms with E-state index in [1.54, 1.807) is 22.7 Å². The number of carbonyl (C=O) groups is 1. The maximum absolute atomic E-state index is 11.6. The minimum atomic E-state index is -0.0665. The summed E-state index contributed by atoms with van der Waals surface area (Å²) in [6, 6.07) is -0.0665. The molecule has 0 aliphatic carbocycles. The summed E-state index contributed by atoms with van der Waals surface area (Å²) < 4.78 is 1.79. The van der Waals surface area contributed by atoms with E-state index in [-0.39, 0.29) is 11.9 Å². The fourth-order valence-electron chi connectivity index (χ4n) is 1.32. The number of hydrogen-bond acceptors (Lipinski definition) is 5. The fraction of sp³-hybridized carbons (Fsp3) is 0.625. The zero-order valence-electron chi connectivity index (χ0n) is 8.43. The Labute approximate surface area is 91.8 Å². The van der Waals surface area contributed by atoms with Gasteiger partial charge in [0.15, 0.2) is 5.82 Å². The van der Waals surface area contributed by atoms with Gasteiger partial charge in [-0.25, -0.2) is 0 Å². The van der Waals surface area contributed by atoms with Gasteiger partial charge in [-0.2, -0.15) is 0 Å². The largest absolute Gasteiger partial charge is 0.347 e. The first-order chi connectivity index (χ1) is 7.27. The van der Waals surface area contributed by atoms with Crippen LogP contribution in [0.5, 0.6) is 0 Å². The second-order valence-corrected chi connectivity index (χ2v) is 4.38. The first-order valence-corrected chi connectivity index (χ1v) is 5.84. The van der Waals surface area contributed by atoms with Crippen molar-refractivity contribution in [3.63, 3.8) is 0 Å². The molecule has 1 fully saturated rings. The number of aryl methyl sites for hydroxylation is 1. The summed E-state index contributed by atoms with van der Waals surface area (Å²) in [6.07, 6.45) is 1.62. The molecule has 7 heteroatoms. The van der Waals surface area contributed by atoms with E-state index in [0.29, 0.717) is 6.54 Å². The Morgan fingerprint density at radius 2 is 2.73 bits per heavy atom. The summed E-state index contributed by atoms with van der Waals surface area (Å²) in [4.78, 5) is 11.6. The van der Waals surface area contributed by atoms with E-state index in [0.717, 1.165) is 17.5 Å². The molecule has 2 heterocycles. The highest BCUT2D eigenvalue weighted by atomic mass is 32.2. The Balaban J connectivity index is 1.83. The van der Waals surface area contributed by atoms with Crippen molar-refractivity contribution in [2.45, 2.75) is 12.6 Å². The molecular formula is C8H13N5OS. The highest BCUT2D eigenvalue weighted by Gasteiger charge is 2.22. The number of nitrogens with one attached hydrogen (secondary N) is 2. The molecule has 15 heavy (non-hydrogen) atoms. The third-order valence-corrected chi connectivity index (χ3v) is 3.20. The second-order valence-electron chi connectivity index (χ2n) is 3.35. The molecular weight excluding hydrogens is 214 g/mol. The van der Waals surface area contributed by atoms with Crippen LogP contribution in [0.25, 0.3) is 0 Å². The van der Waals surface area contributed by atoms with E-state index in [2.05, 4.69) is 20.8 Å². The zero-order chi connectivity index (χ0) is 10.7. The number of thioether (sulfide) groups is 1. The quantitative estimate of drug-likeness (QED) is 0.700. The Kier molecular flexibility index (Phi) is 3.22. The third kappa shape index (κ3) is 2.48. The third-order valence-electron chi connectivity index (χ3n) is 2.26. The van der Waals surface area contributed by atoms with Crippen LogP contribution >= 0.6 is 11.8 Å². The van der Waals surface area contributed by atoms with Crippen molar-refractivity contribution in [2.75, 3.05) is 11.6 Å². The zero-order valence-corrected chi connectivity index (χ0v) is 9.25. The van der Waals surface area contributed by atoms with Gasteiger partial charge in [-0.1, -0.05) is 0 Å². The summed E-state index contributed by atoms with van der Waals surface area (Å²) in [7, 11) is 1.85. The molecule has 1 amide bonds. The number of amides is 1. The highest BCUT2D eigenvalue weighted by Crippen LogP contribution is 2.09. The van der Waals surface area contributed by atoms with Crippen LogP contribution in [-0.2, 0) is 18.4 Å². The van der Waals surface area contributed by atoms with Gasteiger partial charge in [-0.15, -0.1) is 22.0 Å². The molecule has 0 aromatic carbocycles. The van der Waals surface area contributed by atoms with Crippen LogP contribution in [0.2, 0.25) is 0 Å². The summed E-state index contributed by atoms with van der Waals surface area (Å²) >= 11 is 1.73. The average molecular weight is 227 g/mol. The van der Waals surface area contributed by atoms with Crippen LogP contribution in [0, 0.1) is 0 Å². The van der Waals surface area contributed by atoms with Gasteiger partial charge >= 0.3 is 0 Å². The minimum absolute atomic E-state index is 0.0306. The van der Waals surface area contributed by atoms with Gasteiger partial charge in [0.1, 0.15) is 6.33 Å². The van der Waals surface area contributed by atoms with Crippen LogP contribution in [0.1, 0.15) is 5.82 Å². The van der Waals surface area contributed by atoms with Crippen molar-refractivity contribution >= 4 is 17.7 Å². The molecule has 0 saturated carbocycles. The number of carbonyl (C=O) groups excluding carboxylic acids is 1. The maximum Gasteiger partial charge on any atom is 0.238 e. The molecule has 1 aliphatic rings. The van der Waals surface area contributed by atoms with Crippen LogP contribution in [-0.4, -0.2) is 38.3 Å². The van der Waals surface area contributed by atoms with Crippen LogP contribution < -0.4 is 10.6 Å². The average Bonchev–Trinajstić information content (AvgIpc) is 2.85. The SMILES string of the molecule is Cn1cnnc1CNC(=O)C1CSCN1. The lowest BCUT2D eigenvalue weighted by Gasteiger charge is -2.09. The van der Waals surface area contributed by atoms with E-state index >= 15 is 0 Å². The molecule has 1 unspecified atom stereocenters. The van der Waals surface area contributed by atoms with Crippen LogP contribution in [0.15, 0.2) is 6.33 Å². The molecule has 0 bridgehead atoms. The van der Waals surface area contributed by atoms with E-state index in [1.807, 2.05) is 7.05 Å². The highest BCUT2D eigenvalue weighted by molar-refractivity contribution is 7.99. The molecule has 6 nitrogen and oxygen atoms in total. The topological polar surface area (TPSA) is 71.8 Å². The summed E-state index contributed by atoms with van der Waals surface area (Å²) in [5, 5.41) is 13.6. The van der Waals surface area contributed by atoms with Crippen molar-refractivity contribution in [1.29, 1.82) is 0 Å². The van der Waals surface area contributed by atoms with Crippen LogP contribution in [0.3, 0.4) is 0 Å². The van der Waals surface area contributed by atoms with Crippen molar-refractivity contribution in [3.8, 4) is 0 Å². The van der Waals surface area contributed by atoms with Crippen molar-refractivity contribution in [2.24, 2.45) is 7.05 Å². The first-order valence-electron chi connectivity index (χ1n) is 4.69. The smallest absolute Gasteiger partial charge is 0.238 e. The predicted octanol–water partition coefficient (Wildman–Crippen LogP) is -0.906. The first kappa shape index (κ1) is 10.4. The van der Waals surface area contributed by atoms with Gasteiger partial charge in [0.25, 0.3) is 0 Å². The number of rotatable bonds is 3. The number of hydrogen-bond donors (Lipinski definition) is 2. The maximum atomic E-state index is 11.6. The van der Waals surface area contributed by atoms with E-state index < -0.39 is 0 Å². The normalized spacial score (nSPS) is 20.5. The Morgan fingerprint density at radius 3 is 3.33 bits per heavy atom. The predicted molar refractivity (Wildman–Crippen MR) is 57.1 cm³/mol. The molecule has 2 rings (SSSR count). The fourth-order valence-corrected chi connectivity index (χ4v) is 2.26. The summed E-state index contributed by atoms with van der Waals surface area (Å²) in [5.74, 6) is 2.48. The van der Waals surface area contributed by atoms with Gasteiger partial charge < -0.3 is 9.88 Å². The molecule has 0 spiro atoms. The molecule has 1 saturated heterocycles. The molecule has 0 radical (unpaired) electrons. The Hall–Kier alpha value is -1.08. The molecule has 1 atom stereocenters. The Bertz CT molecular complexity index is 347. The molecule has 82 valence electrons. The van der Waals surface area contributed by atoms with Gasteiger partial charge in [-0.05, 0) is 0 Å². The number of nitrogens with zero attached hydrogens (tertiary/aromatic N) is 3. The van der Waals surface area contributed by atoms with Crippen molar-refractivity contribution in [3.05, 3.63) is 12.2 Å². The van der Waals surface area contributed by atoms with Crippen LogP contribution in [0.4, 0.5) is 0 Å². The Morgan fingerprint density at radius 1 is 1.87 bits per heavy atom. The molecule has 1 aromatic rings. The van der Waals surface area contributed by atoms with E-state index in [9.17, 15) is 4.79 Å². The summed E-state index contributed by atoms with van der Waals surface area (Å²) in [5.41, 5.74) is 0. The van der Waals surface area contributed by atoms with E-state index in [1.165, 1.54) is 0 Å². The van der Waals surface area contributed by atoms with Gasteiger partial charge in [-0.3, -0.25) is 10.1 Å². The lowest BCUT2D eigenvalue weighted by molar-refractivity contribution is -0.122. The lowest BCUT2D eigenvalue weighted by atomic mass is 10.3. The number of aromatic nitrogens is 3. The molecule has 1 aromatic heterocycles. The lowest BCUT2D eigenvalue weighted by Crippen LogP contribution is -2.41. The van der Waals surface area contributed by atoms with E-state index in [4.69, 9.17) is 0 Å². The monoisotopic (exact) mass is 227 g/mol. The van der Waals surface area contributed by atoms with Gasteiger partial charge in [0, 0.05) is 18.7 Å². The minimum Gasteiger partial charge on any atom is -0.347 e. The van der Waals surface area contributed by atoms with Gasteiger partial charge in [0.2, 0.25) is 5.91 Å². The standard InChI is InChI=1S/C8H13N5OS/c1-13-4-11-12-7(13)2-9-8(14)6-3-15-5-10-6/h4,6,10H,2-3,5H2,1H3,(H,9,14). The molecule has 2 N–H and O–H groups in total. The summed E-state index contributed by atoms with van der Waals surface area (Å²) in [6.45, 7) is 0.429. The molecule has 1 aliphatic heterocycles. The van der Waals surface area contributed by atoms with Crippen molar-refractivity contribution in [1.82, 2.24) is 25.4 Å². The second kappa shape index (κ2) is 4.63.